The van der Waals surface area contributed by atoms with Gasteiger partial charge in [-0.3, -0.25) is 14.5 Å². The lowest BCUT2D eigenvalue weighted by molar-refractivity contribution is -0.119. The Labute approximate surface area is 164 Å². The summed E-state index contributed by atoms with van der Waals surface area (Å²) in [6, 6.07) is 8.06. The molecule has 0 aliphatic carbocycles. The summed E-state index contributed by atoms with van der Waals surface area (Å²) in [5, 5.41) is 0.479. The first-order chi connectivity index (χ1) is 11.6. The number of sulfonamides is 1. The molecule has 0 radical (unpaired) electrons. The minimum absolute atomic E-state index is 0.0596. The van der Waals surface area contributed by atoms with Crippen LogP contribution in [0, 0.1) is 0 Å². The molecular formula is C14H11Cl4N3O3S. The zero-order valence-electron chi connectivity index (χ0n) is 12.3. The van der Waals surface area contributed by atoms with Gasteiger partial charge in [0, 0.05) is 15.1 Å². The molecule has 0 saturated carbocycles. The average molecular weight is 443 g/mol. The maximum atomic E-state index is 13.1. The molecule has 6 nitrogen and oxygen atoms in total. The number of nitrogens with two attached hydrogens (primary N) is 1. The Morgan fingerprint density at radius 1 is 1.00 bits per heavy atom. The quantitative estimate of drug-likeness (QED) is 0.421. The number of nitrogens with zero attached hydrogens (tertiary/aromatic N) is 1. The Morgan fingerprint density at radius 3 is 2.16 bits per heavy atom. The summed E-state index contributed by atoms with van der Waals surface area (Å²) in [4.78, 5) is 11.5. The third kappa shape index (κ3) is 4.69. The maximum absolute atomic E-state index is 13.1. The SMILES string of the molecule is NNC(=O)CN(c1cc(Cl)cc(Cl)c1)S(=O)(=O)c1cc(Cl)ccc1Cl. The number of rotatable bonds is 5. The van der Waals surface area contributed by atoms with Gasteiger partial charge in [0.05, 0.1) is 10.7 Å². The molecule has 3 N–H and O–H groups in total. The summed E-state index contributed by atoms with van der Waals surface area (Å²) in [6.07, 6.45) is 0. The van der Waals surface area contributed by atoms with Crippen molar-refractivity contribution >= 4 is 68.0 Å². The van der Waals surface area contributed by atoms with Crippen molar-refractivity contribution in [1.82, 2.24) is 5.43 Å². The minimum Gasteiger partial charge on any atom is -0.293 e. The van der Waals surface area contributed by atoms with E-state index in [9.17, 15) is 13.2 Å². The van der Waals surface area contributed by atoms with E-state index < -0.39 is 22.5 Å². The number of carbonyl (C=O) groups is 1. The minimum atomic E-state index is -4.26. The Bertz CT molecular complexity index is 901. The molecule has 0 unspecified atom stereocenters. The molecule has 2 aromatic carbocycles. The molecule has 2 aromatic rings. The van der Waals surface area contributed by atoms with E-state index in [1.165, 1.54) is 36.4 Å². The van der Waals surface area contributed by atoms with Crippen LogP contribution in [0.5, 0.6) is 0 Å². The molecule has 0 saturated heterocycles. The van der Waals surface area contributed by atoms with Gasteiger partial charge >= 0.3 is 0 Å². The predicted molar refractivity (Wildman–Crippen MR) is 99.8 cm³/mol. The van der Waals surface area contributed by atoms with Gasteiger partial charge in [0.1, 0.15) is 11.4 Å². The fraction of sp³-hybridized carbons (Fsp3) is 0.0714. The van der Waals surface area contributed by atoms with Gasteiger partial charge in [-0.2, -0.15) is 0 Å². The van der Waals surface area contributed by atoms with Crippen molar-refractivity contribution in [3.63, 3.8) is 0 Å². The Morgan fingerprint density at radius 2 is 1.60 bits per heavy atom. The highest BCUT2D eigenvalue weighted by molar-refractivity contribution is 7.93. The fourth-order valence-electron chi connectivity index (χ4n) is 1.97. The number of hydrazine groups is 1. The summed E-state index contributed by atoms with van der Waals surface area (Å²) in [7, 11) is -4.26. The van der Waals surface area contributed by atoms with Gasteiger partial charge in [-0.15, -0.1) is 0 Å². The molecule has 134 valence electrons. The van der Waals surface area contributed by atoms with Crippen LogP contribution in [0.15, 0.2) is 41.3 Å². The molecule has 0 aliphatic rings. The molecule has 0 bridgehead atoms. The molecule has 1 amide bonds. The van der Waals surface area contributed by atoms with E-state index in [1.54, 1.807) is 0 Å². The lowest BCUT2D eigenvalue weighted by Crippen LogP contribution is -2.43. The zero-order chi connectivity index (χ0) is 18.8. The van der Waals surface area contributed by atoms with Crippen molar-refractivity contribution in [2.75, 3.05) is 10.8 Å². The number of halogens is 4. The van der Waals surface area contributed by atoms with Crippen LogP contribution in [0.3, 0.4) is 0 Å². The second-order valence-corrected chi connectivity index (χ2v) is 8.33. The van der Waals surface area contributed by atoms with E-state index in [2.05, 4.69) is 0 Å². The highest BCUT2D eigenvalue weighted by Crippen LogP contribution is 2.33. The fourth-order valence-corrected chi connectivity index (χ4v) is 4.63. The van der Waals surface area contributed by atoms with Crippen molar-refractivity contribution in [3.05, 3.63) is 56.5 Å². The molecule has 0 heterocycles. The molecule has 0 aromatic heterocycles. The lowest BCUT2D eigenvalue weighted by atomic mass is 10.3. The van der Waals surface area contributed by atoms with E-state index in [0.29, 0.717) is 0 Å². The van der Waals surface area contributed by atoms with Crippen LogP contribution in [-0.4, -0.2) is 20.9 Å². The molecule has 0 aliphatic heterocycles. The Hall–Kier alpha value is -1.22. The zero-order valence-corrected chi connectivity index (χ0v) is 16.2. The van der Waals surface area contributed by atoms with Gasteiger partial charge in [-0.1, -0.05) is 46.4 Å². The van der Waals surface area contributed by atoms with Crippen LogP contribution in [0.25, 0.3) is 0 Å². The third-order valence-electron chi connectivity index (χ3n) is 3.04. The van der Waals surface area contributed by atoms with E-state index in [0.717, 1.165) is 4.31 Å². The highest BCUT2D eigenvalue weighted by atomic mass is 35.5. The third-order valence-corrected chi connectivity index (χ3v) is 5.97. The number of amides is 1. The van der Waals surface area contributed by atoms with Gasteiger partial charge in [-0.05, 0) is 36.4 Å². The van der Waals surface area contributed by atoms with Crippen LogP contribution in [-0.2, 0) is 14.8 Å². The summed E-state index contributed by atoms with van der Waals surface area (Å²) in [6.45, 7) is -0.613. The van der Waals surface area contributed by atoms with Gasteiger partial charge in [0.15, 0.2) is 0 Å². The summed E-state index contributed by atoms with van der Waals surface area (Å²) in [5.41, 5.74) is 1.94. The molecule has 0 fully saturated rings. The number of benzene rings is 2. The Kier molecular flexibility index (Phi) is 6.42. The predicted octanol–water partition coefficient (Wildman–Crippen LogP) is 3.49. The first kappa shape index (κ1) is 20.1. The molecule has 2 rings (SSSR count). The molecule has 0 spiro atoms. The number of hydrogen-bond donors (Lipinski definition) is 2. The number of anilines is 1. The molecule has 25 heavy (non-hydrogen) atoms. The van der Waals surface area contributed by atoms with E-state index in [1.807, 2.05) is 5.43 Å². The van der Waals surface area contributed by atoms with Crippen LogP contribution in [0.4, 0.5) is 5.69 Å². The molecule has 11 heteroatoms. The topological polar surface area (TPSA) is 92.5 Å². The second kappa shape index (κ2) is 7.99. The second-order valence-electron chi connectivity index (χ2n) is 4.78. The monoisotopic (exact) mass is 441 g/mol. The summed E-state index contributed by atoms with van der Waals surface area (Å²) in [5.74, 6) is 4.32. The number of nitrogens with one attached hydrogen (secondary N) is 1. The van der Waals surface area contributed by atoms with Crippen LogP contribution in [0.2, 0.25) is 20.1 Å². The molecule has 0 atom stereocenters. The smallest absolute Gasteiger partial charge is 0.266 e. The van der Waals surface area contributed by atoms with Crippen molar-refractivity contribution < 1.29 is 13.2 Å². The van der Waals surface area contributed by atoms with Gasteiger partial charge in [0.2, 0.25) is 0 Å². The van der Waals surface area contributed by atoms with E-state index >= 15 is 0 Å². The maximum Gasteiger partial charge on any atom is 0.266 e. The van der Waals surface area contributed by atoms with Crippen LogP contribution >= 0.6 is 46.4 Å². The van der Waals surface area contributed by atoms with E-state index in [-0.39, 0.29) is 30.7 Å². The first-order valence-electron chi connectivity index (χ1n) is 6.58. The normalized spacial score (nSPS) is 11.2. The van der Waals surface area contributed by atoms with Crippen molar-refractivity contribution in [1.29, 1.82) is 0 Å². The largest absolute Gasteiger partial charge is 0.293 e. The Balaban J connectivity index is 2.65. The summed E-state index contributed by atoms with van der Waals surface area (Å²) < 4.78 is 26.9. The van der Waals surface area contributed by atoms with Crippen molar-refractivity contribution in [2.24, 2.45) is 5.84 Å². The van der Waals surface area contributed by atoms with Gasteiger partial charge in [-0.25, -0.2) is 14.3 Å². The molecular weight excluding hydrogens is 432 g/mol. The van der Waals surface area contributed by atoms with Crippen molar-refractivity contribution in [2.45, 2.75) is 4.90 Å². The number of hydrogen-bond acceptors (Lipinski definition) is 4. The van der Waals surface area contributed by atoms with Crippen LogP contribution < -0.4 is 15.6 Å². The average Bonchev–Trinajstić information content (AvgIpc) is 2.53. The highest BCUT2D eigenvalue weighted by Gasteiger charge is 2.29. The first-order valence-corrected chi connectivity index (χ1v) is 9.53. The lowest BCUT2D eigenvalue weighted by Gasteiger charge is -2.24. The standard InChI is InChI=1S/C14H11Cl4N3O3S/c15-8-1-2-12(18)13(6-8)25(23,24)21(7-14(22)20-19)11-4-9(16)3-10(17)5-11/h1-6H,7,19H2,(H,20,22). The summed E-state index contributed by atoms with van der Waals surface area (Å²) >= 11 is 23.8. The van der Waals surface area contributed by atoms with Gasteiger partial charge in [0.25, 0.3) is 15.9 Å². The van der Waals surface area contributed by atoms with Crippen LogP contribution in [0.1, 0.15) is 0 Å². The van der Waals surface area contributed by atoms with Crippen molar-refractivity contribution in [3.8, 4) is 0 Å². The number of carbonyl (C=O) groups excluding carboxylic acids is 1. The van der Waals surface area contributed by atoms with E-state index in [4.69, 9.17) is 52.2 Å². The van der Waals surface area contributed by atoms with Gasteiger partial charge < -0.3 is 0 Å².